The summed E-state index contributed by atoms with van der Waals surface area (Å²) in [4.78, 5) is 7.93. The number of hydrogen-bond donors (Lipinski definition) is 1. The fourth-order valence-corrected chi connectivity index (χ4v) is 4.38. The largest absolute Gasteiger partial charge is 0.443 e. The minimum absolute atomic E-state index is 0.154. The molecule has 6 nitrogen and oxygen atoms in total. The van der Waals surface area contributed by atoms with Crippen LogP contribution in [0.5, 0.6) is 0 Å². The molecule has 1 aliphatic rings. The number of hydrogen-bond acceptors (Lipinski definition) is 6. The van der Waals surface area contributed by atoms with Crippen molar-refractivity contribution in [3.05, 3.63) is 53.2 Å². The molecule has 0 spiro atoms. The Morgan fingerprint density at radius 3 is 2.96 bits per heavy atom. The highest BCUT2D eigenvalue weighted by atomic mass is 32.2. The van der Waals surface area contributed by atoms with E-state index in [-0.39, 0.29) is 10.9 Å². The lowest BCUT2D eigenvalue weighted by Gasteiger charge is -2.23. The van der Waals surface area contributed by atoms with E-state index in [1.807, 2.05) is 23.6 Å². The molecule has 130 valence electrons. The fourth-order valence-electron chi connectivity index (χ4n) is 3.16. The normalized spacial score (nSPS) is 17.0. The van der Waals surface area contributed by atoms with Gasteiger partial charge < -0.3 is 9.32 Å². The summed E-state index contributed by atoms with van der Waals surface area (Å²) in [5.74, 6) is 0.627. The maximum Gasteiger partial charge on any atom is 0.238 e. The van der Waals surface area contributed by atoms with Crippen molar-refractivity contribution in [2.75, 3.05) is 4.90 Å². The van der Waals surface area contributed by atoms with Crippen molar-refractivity contribution >= 4 is 27.0 Å². The molecular weight excluding hydrogens is 358 g/mol. The van der Waals surface area contributed by atoms with E-state index in [0.717, 1.165) is 28.2 Å². The van der Waals surface area contributed by atoms with Crippen molar-refractivity contribution in [2.24, 2.45) is 5.14 Å². The molecule has 0 saturated carbocycles. The van der Waals surface area contributed by atoms with Gasteiger partial charge >= 0.3 is 0 Å². The molecule has 8 heteroatoms. The molecule has 0 fully saturated rings. The van der Waals surface area contributed by atoms with E-state index >= 15 is 0 Å². The predicted octanol–water partition coefficient (Wildman–Crippen LogP) is 3.00. The lowest BCUT2D eigenvalue weighted by atomic mass is 10.1. The van der Waals surface area contributed by atoms with Crippen LogP contribution < -0.4 is 10.0 Å². The van der Waals surface area contributed by atoms with Gasteiger partial charge in [0.15, 0.2) is 0 Å². The average molecular weight is 375 g/mol. The van der Waals surface area contributed by atoms with Crippen LogP contribution in [0, 0.1) is 0 Å². The zero-order valence-electron chi connectivity index (χ0n) is 13.5. The van der Waals surface area contributed by atoms with Crippen molar-refractivity contribution in [3.8, 4) is 10.8 Å². The van der Waals surface area contributed by atoms with Gasteiger partial charge in [0, 0.05) is 11.7 Å². The third-order valence-corrected chi connectivity index (χ3v) is 6.12. The number of fused-ring (bicyclic) bond motifs is 1. The fraction of sp³-hybridized carbons (Fsp3) is 0.235. The van der Waals surface area contributed by atoms with Crippen LogP contribution in [0.25, 0.3) is 10.8 Å². The van der Waals surface area contributed by atoms with Gasteiger partial charge in [-0.05, 0) is 48.6 Å². The first-order valence-corrected chi connectivity index (χ1v) is 10.2. The molecule has 0 radical (unpaired) electrons. The molecule has 3 heterocycles. The Bertz CT molecular complexity index is 1010. The van der Waals surface area contributed by atoms with E-state index in [2.05, 4.69) is 16.8 Å². The number of oxazole rings is 1. The Hall–Kier alpha value is -2.16. The molecule has 2 aromatic heterocycles. The number of primary sulfonamides is 1. The first-order chi connectivity index (χ1) is 11.9. The standard InChI is InChI=1S/C17H17N3O3S2/c1-11-7-12-8-14(25(18,21)22)4-5-15(12)20(11)9-13-10-23-17(19-13)16-3-2-6-24-16/h2-6,8,10-11H,7,9H2,1H3,(H2,18,21,22). The van der Waals surface area contributed by atoms with Crippen LogP contribution in [0.4, 0.5) is 5.69 Å². The van der Waals surface area contributed by atoms with Crippen LogP contribution in [-0.4, -0.2) is 19.4 Å². The van der Waals surface area contributed by atoms with Crippen LogP contribution in [0.2, 0.25) is 0 Å². The first kappa shape index (κ1) is 16.3. The van der Waals surface area contributed by atoms with Gasteiger partial charge in [0.05, 0.1) is 22.0 Å². The third kappa shape index (κ3) is 3.08. The highest BCUT2D eigenvalue weighted by Crippen LogP contribution is 2.35. The Balaban J connectivity index is 1.60. The van der Waals surface area contributed by atoms with E-state index < -0.39 is 10.0 Å². The average Bonchev–Trinajstić information content (AvgIpc) is 3.27. The summed E-state index contributed by atoms with van der Waals surface area (Å²) in [5, 5.41) is 7.22. The zero-order chi connectivity index (χ0) is 17.6. The van der Waals surface area contributed by atoms with Gasteiger partial charge in [-0.15, -0.1) is 11.3 Å². The minimum atomic E-state index is -3.68. The number of anilines is 1. The highest BCUT2D eigenvalue weighted by molar-refractivity contribution is 7.89. The molecule has 0 saturated heterocycles. The molecule has 0 amide bonds. The molecule has 2 N–H and O–H groups in total. The highest BCUT2D eigenvalue weighted by Gasteiger charge is 2.28. The van der Waals surface area contributed by atoms with Gasteiger partial charge in [-0.3, -0.25) is 0 Å². The van der Waals surface area contributed by atoms with Crippen molar-refractivity contribution in [3.63, 3.8) is 0 Å². The molecule has 1 aliphatic heterocycles. The molecule has 25 heavy (non-hydrogen) atoms. The van der Waals surface area contributed by atoms with E-state index in [9.17, 15) is 8.42 Å². The number of aromatic nitrogens is 1. The maximum atomic E-state index is 11.5. The number of nitrogens with zero attached hydrogens (tertiary/aromatic N) is 2. The van der Waals surface area contributed by atoms with Gasteiger partial charge in [0.1, 0.15) is 6.26 Å². The molecule has 0 aliphatic carbocycles. The summed E-state index contributed by atoms with van der Waals surface area (Å²) in [6, 6.07) is 9.22. The van der Waals surface area contributed by atoms with Crippen molar-refractivity contribution in [2.45, 2.75) is 30.8 Å². The number of thiophene rings is 1. The van der Waals surface area contributed by atoms with Crippen molar-refractivity contribution in [1.82, 2.24) is 4.98 Å². The van der Waals surface area contributed by atoms with Gasteiger partial charge in [-0.25, -0.2) is 18.5 Å². The smallest absolute Gasteiger partial charge is 0.238 e. The molecule has 1 unspecified atom stereocenters. The number of rotatable bonds is 4. The summed E-state index contributed by atoms with van der Waals surface area (Å²) >= 11 is 1.59. The second-order valence-corrected chi connectivity index (χ2v) is 8.65. The summed E-state index contributed by atoms with van der Waals surface area (Å²) in [7, 11) is -3.68. The van der Waals surface area contributed by atoms with Gasteiger partial charge in [-0.1, -0.05) is 6.07 Å². The van der Waals surface area contributed by atoms with Crippen LogP contribution in [0.1, 0.15) is 18.2 Å². The Labute approximate surface area is 150 Å². The number of benzene rings is 1. The molecule has 3 aromatic rings. The number of sulfonamides is 1. The van der Waals surface area contributed by atoms with E-state index in [1.165, 1.54) is 0 Å². The third-order valence-electron chi connectivity index (χ3n) is 4.35. The maximum absolute atomic E-state index is 11.5. The molecule has 1 aromatic carbocycles. The molecule has 4 rings (SSSR count). The lowest BCUT2D eigenvalue weighted by molar-refractivity contribution is 0.572. The number of nitrogens with two attached hydrogens (primary N) is 1. The predicted molar refractivity (Wildman–Crippen MR) is 97.0 cm³/mol. The SMILES string of the molecule is CC1Cc2cc(S(N)(=O)=O)ccc2N1Cc1coc(-c2cccs2)n1. The quantitative estimate of drug-likeness (QED) is 0.757. The van der Waals surface area contributed by atoms with Gasteiger partial charge in [-0.2, -0.15) is 0 Å². The lowest BCUT2D eigenvalue weighted by Crippen LogP contribution is -2.28. The van der Waals surface area contributed by atoms with E-state index in [1.54, 1.807) is 29.7 Å². The van der Waals surface area contributed by atoms with Gasteiger partial charge in [0.25, 0.3) is 0 Å². The first-order valence-electron chi connectivity index (χ1n) is 7.82. The van der Waals surface area contributed by atoms with Crippen molar-refractivity contribution < 1.29 is 12.8 Å². The molecule has 1 atom stereocenters. The summed E-state index contributed by atoms with van der Waals surface area (Å²) < 4.78 is 28.7. The minimum Gasteiger partial charge on any atom is -0.443 e. The van der Waals surface area contributed by atoms with Gasteiger partial charge in [0.2, 0.25) is 15.9 Å². The summed E-state index contributed by atoms with van der Waals surface area (Å²) in [6.45, 7) is 2.72. The van der Waals surface area contributed by atoms with Crippen LogP contribution in [-0.2, 0) is 23.0 Å². The Morgan fingerprint density at radius 1 is 1.40 bits per heavy atom. The molecular formula is C17H17N3O3S2. The topological polar surface area (TPSA) is 89.4 Å². The summed E-state index contributed by atoms with van der Waals surface area (Å²) in [6.07, 6.45) is 2.45. The summed E-state index contributed by atoms with van der Waals surface area (Å²) in [5.41, 5.74) is 2.85. The van der Waals surface area contributed by atoms with Crippen LogP contribution in [0.3, 0.4) is 0 Å². The molecule has 0 bridgehead atoms. The second kappa shape index (κ2) is 5.98. The monoisotopic (exact) mass is 375 g/mol. The van der Waals surface area contributed by atoms with Crippen LogP contribution in [0.15, 0.2) is 51.3 Å². The zero-order valence-corrected chi connectivity index (χ0v) is 15.2. The Morgan fingerprint density at radius 2 is 2.24 bits per heavy atom. The van der Waals surface area contributed by atoms with Crippen molar-refractivity contribution in [1.29, 1.82) is 0 Å². The van der Waals surface area contributed by atoms with E-state index in [4.69, 9.17) is 9.56 Å². The second-order valence-electron chi connectivity index (χ2n) is 6.14. The Kier molecular flexibility index (Phi) is 3.90. The van der Waals surface area contributed by atoms with Crippen LogP contribution >= 0.6 is 11.3 Å². The van der Waals surface area contributed by atoms with E-state index in [0.29, 0.717) is 12.4 Å².